The number of hydrogen-bond donors (Lipinski definition) is 3. The molecule has 0 amide bonds. The molecule has 0 aromatic heterocycles. The minimum Gasteiger partial charge on any atom is -0.416 e. The van der Waals surface area contributed by atoms with Gasteiger partial charge < -0.3 is 29.2 Å². The molecule has 366 valence electrons. The summed E-state index contributed by atoms with van der Waals surface area (Å²) in [5.41, 5.74) is 2.11. The molecule has 0 unspecified atom stereocenters. The van der Waals surface area contributed by atoms with Gasteiger partial charge in [-0.3, -0.25) is 4.79 Å². The summed E-state index contributed by atoms with van der Waals surface area (Å²) in [5.74, 6) is 2.50. The lowest BCUT2D eigenvalue weighted by Gasteiger charge is -2.52. The molecular weight excluding hydrogens is 813 g/mol. The summed E-state index contributed by atoms with van der Waals surface area (Å²) in [6, 6.07) is 0. The summed E-state index contributed by atoms with van der Waals surface area (Å²) in [7, 11) is -0.388. The number of ketones is 1. The van der Waals surface area contributed by atoms with E-state index in [0.717, 1.165) is 77.2 Å². The van der Waals surface area contributed by atoms with Gasteiger partial charge in [0.1, 0.15) is 6.79 Å². The molecule has 7 aliphatic carbocycles. The third kappa shape index (κ3) is 9.81. The second-order valence-electron chi connectivity index (χ2n) is 25.9. The van der Waals surface area contributed by atoms with Crippen LogP contribution in [0.25, 0.3) is 0 Å². The van der Waals surface area contributed by atoms with Crippen LogP contribution in [0.2, 0.25) is 16.6 Å². The minimum absolute atomic E-state index is 0.0790. The lowest BCUT2D eigenvalue weighted by Crippen LogP contribution is -2.50. The van der Waals surface area contributed by atoms with E-state index in [1.807, 2.05) is 6.08 Å². The molecule has 7 bridgehead atoms. The first-order valence-corrected chi connectivity index (χ1v) is 29.0. The second kappa shape index (κ2) is 19.9. The third-order valence-electron chi connectivity index (χ3n) is 20.9. The highest BCUT2D eigenvalue weighted by atomic mass is 28.4. The van der Waals surface area contributed by atoms with Crippen molar-refractivity contribution in [3.05, 3.63) is 23.8 Å². The van der Waals surface area contributed by atoms with Gasteiger partial charge in [-0.05, 0) is 202 Å². The maximum atomic E-state index is 14.0. The minimum atomic E-state index is -2.07. The first kappa shape index (κ1) is 51.0. The molecule has 0 saturated heterocycles. The highest BCUT2D eigenvalue weighted by Gasteiger charge is 2.62. The van der Waals surface area contributed by atoms with Crippen LogP contribution in [-0.4, -0.2) is 74.3 Å². The monoisotopic (exact) mass is 909 g/mol. The molecule has 0 aromatic rings. The van der Waals surface area contributed by atoms with Gasteiger partial charge in [0, 0.05) is 25.6 Å². The van der Waals surface area contributed by atoms with Crippen LogP contribution in [0.1, 0.15) is 191 Å². The molecule has 0 heterocycles. The van der Waals surface area contributed by atoms with E-state index in [1.165, 1.54) is 44.1 Å². The largest absolute Gasteiger partial charge is 0.416 e. The molecule has 3 spiro atoms. The van der Waals surface area contributed by atoms with Crippen LogP contribution in [0.3, 0.4) is 0 Å². The summed E-state index contributed by atoms with van der Waals surface area (Å²) in [5, 5.41) is 37.6. The molecule has 64 heavy (non-hydrogen) atoms. The topological polar surface area (TPSA) is 105 Å². The number of methoxy groups -OCH3 is 1. The highest BCUT2D eigenvalue weighted by Crippen LogP contribution is 2.69. The molecule has 3 N–H and O–H groups in total. The van der Waals surface area contributed by atoms with Crippen LogP contribution >= 0.6 is 0 Å². The van der Waals surface area contributed by atoms with E-state index in [-0.39, 0.29) is 58.6 Å². The Morgan fingerprint density at radius 3 is 2.22 bits per heavy atom. The van der Waals surface area contributed by atoms with Crippen molar-refractivity contribution in [2.45, 2.75) is 226 Å². The molecule has 15 atom stereocenters. The molecule has 5 fully saturated rings. The number of aliphatic hydroxyl groups excluding tert-OH is 2. The van der Waals surface area contributed by atoms with E-state index in [2.05, 4.69) is 75.3 Å². The normalized spacial score (nSPS) is 42.8. The highest BCUT2D eigenvalue weighted by molar-refractivity contribution is 6.77. The standard InChI is InChI=1S/C56H96O7Si/c1-37(2)64(38(3)4,39(5)6)63-33-42(9)40(7)27-56-21-18-44(34-62-36-61-11)25-49(56)47-31-54(26-41(8)51(59)48(47)32-54)29-45-14-13-19-53(28-45)22-23-55(35-53)30-43(17-20-52(55,10)60)24-46(57)15-12-16-50(56)58/h12,15,25,37-43,45,47-51,58-60H,13-14,16-24,26-36H2,1-11H3/t40-,41+,42-,43+,45-,47+,48+,49+,50+,51+,52+,53+,54+,55-,56+/m0/s1. The third-order valence-corrected chi connectivity index (χ3v) is 27.0. The van der Waals surface area contributed by atoms with Crippen molar-refractivity contribution < 1.29 is 34.0 Å². The van der Waals surface area contributed by atoms with E-state index in [0.29, 0.717) is 59.7 Å². The number of fused-ring (bicyclic) bond motifs is 7. The number of carbonyl (C=O) groups is 1. The summed E-state index contributed by atoms with van der Waals surface area (Å²) >= 11 is 0. The van der Waals surface area contributed by atoms with Crippen molar-refractivity contribution in [1.29, 1.82) is 0 Å². The van der Waals surface area contributed by atoms with Crippen LogP contribution in [0, 0.1) is 69.0 Å². The Balaban J connectivity index is 1.28. The van der Waals surface area contributed by atoms with E-state index in [9.17, 15) is 20.1 Å². The maximum Gasteiger partial charge on any atom is 0.200 e. The Morgan fingerprint density at radius 2 is 1.52 bits per heavy atom. The average Bonchev–Trinajstić information content (AvgIpc) is 3.74. The molecule has 0 radical (unpaired) electrons. The molecular formula is C56H96O7Si. The zero-order chi connectivity index (χ0) is 46.5. The average molecular weight is 909 g/mol. The maximum absolute atomic E-state index is 14.0. The second-order valence-corrected chi connectivity index (χ2v) is 31.3. The number of hydrogen-bond acceptors (Lipinski definition) is 7. The summed E-state index contributed by atoms with van der Waals surface area (Å²) < 4.78 is 18.7. The molecule has 7 rings (SSSR count). The quantitative estimate of drug-likeness (QED) is 0.0731. The Bertz CT molecular complexity index is 1630. The van der Waals surface area contributed by atoms with Gasteiger partial charge in [0.25, 0.3) is 0 Å². The van der Waals surface area contributed by atoms with E-state index < -0.39 is 25.4 Å². The van der Waals surface area contributed by atoms with Gasteiger partial charge in [0.2, 0.25) is 0 Å². The molecule has 5 saturated carbocycles. The lowest BCUT2D eigenvalue weighted by atomic mass is 9.54. The molecule has 7 nitrogen and oxygen atoms in total. The Morgan fingerprint density at radius 1 is 0.812 bits per heavy atom. The van der Waals surface area contributed by atoms with Crippen LogP contribution < -0.4 is 0 Å². The SMILES string of the molecule is COCOCC1=C[C@@H]2[C@@H]3C[C@@]4(C[C@H]5CCC[C@@]6(CC[C@]7(C[C@H](CC[C@@]7(C)O)CC(=O)C=CC[C@@H](O)[C@@]2(C[C@H](C)[C@@H](C)CO[Si](C(C)C)(C(C)C)C(C)C)CC1)C6)C5)C[C@H]3[C@H](O)[C@H](C)C4. The van der Waals surface area contributed by atoms with Gasteiger partial charge in [-0.15, -0.1) is 0 Å². The van der Waals surface area contributed by atoms with Gasteiger partial charge in [0.05, 0.1) is 24.4 Å². The first-order chi connectivity index (χ1) is 30.1. The number of aliphatic hydroxyl groups is 3. The summed E-state index contributed by atoms with van der Waals surface area (Å²) in [6.07, 6.45) is 24.7. The van der Waals surface area contributed by atoms with Crippen molar-refractivity contribution in [2.75, 3.05) is 27.1 Å². The predicted molar refractivity (Wildman–Crippen MR) is 262 cm³/mol. The van der Waals surface area contributed by atoms with Crippen LogP contribution in [-0.2, 0) is 18.7 Å². The molecule has 7 aliphatic rings. The molecule has 0 aromatic carbocycles. The van der Waals surface area contributed by atoms with E-state index in [1.54, 1.807) is 13.2 Å². The Hall–Kier alpha value is -0.873. The van der Waals surface area contributed by atoms with Gasteiger partial charge in [-0.25, -0.2) is 0 Å². The predicted octanol–water partition coefficient (Wildman–Crippen LogP) is 12.8. The van der Waals surface area contributed by atoms with E-state index >= 15 is 0 Å². The van der Waals surface area contributed by atoms with Crippen molar-refractivity contribution in [2.24, 2.45) is 69.0 Å². The van der Waals surface area contributed by atoms with Crippen LogP contribution in [0.15, 0.2) is 23.8 Å². The van der Waals surface area contributed by atoms with Crippen molar-refractivity contribution in [3.63, 3.8) is 0 Å². The van der Waals surface area contributed by atoms with Crippen molar-refractivity contribution >= 4 is 14.1 Å². The Labute approximate surface area is 392 Å². The van der Waals surface area contributed by atoms with Gasteiger partial charge in [0.15, 0.2) is 14.1 Å². The number of carbonyl (C=O) groups excluding carboxylic acids is 1. The van der Waals surface area contributed by atoms with Gasteiger partial charge >= 0.3 is 0 Å². The first-order valence-electron chi connectivity index (χ1n) is 26.8. The molecule has 8 heteroatoms. The number of rotatable bonds is 13. The zero-order valence-corrected chi connectivity index (χ0v) is 43.8. The summed E-state index contributed by atoms with van der Waals surface area (Å²) in [6.45, 7) is 25.0. The van der Waals surface area contributed by atoms with Crippen LogP contribution in [0.5, 0.6) is 0 Å². The Kier molecular flexibility index (Phi) is 15.8. The lowest BCUT2D eigenvalue weighted by molar-refractivity contribution is -0.128. The van der Waals surface area contributed by atoms with Crippen molar-refractivity contribution in [1.82, 2.24) is 0 Å². The van der Waals surface area contributed by atoms with Crippen molar-refractivity contribution in [3.8, 4) is 0 Å². The fourth-order valence-corrected chi connectivity index (χ4v) is 23.3. The number of allylic oxidation sites excluding steroid dienone is 2. The van der Waals surface area contributed by atoms with Gasteiger partial charge in [-0.2, -0.15) is 0 Å². The zero-order valence-electron chi connectivity index (χ0n) is 42.8. The van der Waals surface area contributed by atoms with Crippen LogP contribution in [0.4, 0.5) is 0 Å². The number of ether oxygens (including phenoxy) is 2. The fourth-order valence-electron chi connectivity index (χ4n) is 17.8. The summed E-state index contributed by atoms with van der Waals surface area (Å²) in [4.78, 5) is 14.0. The van der Waals surface area contributed by atoms with Gasteiger partial charge in [-0.1, -0.05) is 87.3 Å². The smallest absolute Gasteiger partial charge is 0.200 e. The fraction of sp³-hybridized carbons (Fsp3) is 0.911. The van der Waals surface area contributed by atoms with E-state index in [4.69, 9.17) is 13.9 Å². The molecule has 0 aliphatic heterocycles.